The average molecular weight is 351 g/mol. The van der Waals surface area contributed by atoms with E-state index in [1.54, 1.807) is 0 Å². The highest BCUT2D eigenvalue weighted by Crippen LogP contribution is 2.27. The van der Waals surface area contributed by atoms with Crippen molar-refractivity contribution in [2.75, 3.05) is 49.5 Å². The molecule has 26 heavy (non-hydrogen) atoms. The van der Waals surface area contributed by atoms with Crippen molar-refractivity contribution >= 4 is 17.3 Å². The first-order valence-electron chi connectivity index (χ1n) is 9.36. The van der Waals surface area contributed by atoms with E-state index in [0.29, 0.717) is 13.0 Å². The van der Waals surface area contributed by atoms with Crippen molar-refractivity contribution in [1.82, 2.24) is 4.90 Å². The first-order chi connectivity index (χ1) is 12.8. The Balaban J connectivity index is 1.17. The molecular weight excluding hydrogens is 326 g/mol. The largest absolute Gasteiger partial charge is 0.494 e. The zero-order chi connectivity index (χ0) is 17.8. The van der Waals surface area contributed by atoms with Crippen molar-refractivity contribution in [1.29, 1.82) is 0 Å². The zero-order valence-electron chi connectivity index (χ0n) is 15.0. The molecule has 2 aliphatic heterocycles. The fourth-order valence-electron chi connectivity index (χ4n) is 3.64. The van der Waals surface area contributed by atoms with E-state index in [4.69, 9.17) is 4.74 Å². The van der Waals surface area contributed by atoms with Crippen LogP contribution < -0.4 is 15.0 Å². The molecule has 2 heterocycles. The molecular formula is C21H25N3O2. The minimum Gasteiger partial charge on any atom is -0.494 e. The summed E-state index contributed by atoms with van der Waals surface area (Å²) in [5, 5.41) is 2.85. The van der Waals surface area contributed by atoms with Gasteiger partial charge < -0.3 is 15.0 Å². The van der Waals surface area contributed by atoms with Gasteiger partial charge in [-0.15, -0.1) is 0 Å². The summed E-state index contributed by atoms with van der Waals surface area (Å²) in [5.74, 6) is 0.918. The molecule has 1 fully saturated rings. The van der Waals surface area contributed by atoms with Crippen LogP contribution in [0.2, 0.25) is 0 Å². The summed E-state index contributed by atoms with van der Waals surface area (Å²) in [5.41, 5.74) is 3.27. The van der Waals surface area contributed by atoms with E-state index in [2.05, 4.69) is 45.4 Å². The third kappa shape index (κ3) is 3.99. The fraction of sp³-hybridized carbons (Fsp3) is 0.381. The second-order valence-corrected chi connectivity index (χ2v) is 6.91. The quantitative estimate of drug-likeness (QED) is 0.813. The van der Waals surface area contributed by atoms with E-state index in [-0.39, 0.29) is 5.91 Å². The van der Waals surface area contributed by atoms with Gasteiger partial charge in [-0.05, 0) is 42.3 Å². The molecule has 0 bridgehead atoms. The highest BCUT2D eigenvalue weighted by molar-refractivity contribution is 5.99. The van der Waals surface area contributed by atoms with Crippen LogP contribution in [0.4, 0.5) is 11.4 Å². The van der Waals surface area contributed by atoms with Crippen molar-refractivity contribution in [3.8, 4) is 5.75 Å². The SMILES string of the molecule is O=C1Cc2cc(OCCCN3CCN(c4ccccc4)CC3)ccc2N1. The minimum absolute atomic E-state index is 0.0618. The minimum atomic E-state index is 0.0618. The number of carbonyl (C=O) groups is 1. The second kappa shape index (κ2) is 7.79. The smallest absolute Gasteiger partial charge is 0.228 e. The third-order valence-corrected chi connectivity index (χ3v) is 5.08. The summed E-state index contributed by atoms with van der Waals surface area (Å²) < 4.78 is 5.87. The molecule has 1 amide bonds. The molecule has 0 atom stereocenters. The molecule has 0 unspecified atom stereocenters. The van der Waals surface area contributed by atoms with Gasteiger partial charge in [0, 0.05) is 44.1 Å². The molecule has 136 valence electrons. The number of nitrogens with zero attached hydrogens (tertiary/aromatic N) is 2. The van der Waals surface area contributed by atoms with Crippen LogP contribution in [0.25, 0.3) is 0 Å². The summed E-state index contributed by atoms with van der Waals surface area (Å²) in [6, 6.07) is 16.5. The van der Waals surface area contributed by atoms with E-state index in [0.717, 1.165) is 56.1 Å². The Labute approximate surface area is 154 Å². The van der Waals surface area contributed by atoms with E-state index >= 15 is 0 Å². The predicted molar refractivity (Wildman–Crippen MR) is 104 cm³/mol. The Bertz CT molecular complexity index is 755. The lowest BCUT2D eigenvalue weighted by atomic mass is 10.1. The van der Waals surface area contributed by atoms with Gasteiger partial charge in [0.05, 0.1) is 13.0 Å². The van der Waals surface area contributed by atoms with Gasteiger partial charge in [0.15, 0.2) is 0 Å². The molecule has 0 radical (unpaired) electrons. The number of anilines is 2. The first-order valence-corrected chi connectivity index (χ1v) is 9.36. The van der Waals surface area contributed by atoms with E-state index in [9.17, 15) is 4.79 Å². The van der Waals surface area contributed by atoms with Crippen LogP contribution in [0.5, 0.6) is 5.75 Å². The molecule has 0 spiro atoms. The molecule has 1 N–H and O–H groups in total. The number of para-hydroxylation sites is 1. The molecule has 1 saturated heterocycles. The number of carbonyl (C=O) groups excluding carboxylic acids is 1. The van der Waals surface area contributed by atoms with Crippen molar-refractivity contribution in [2.45, 2.75) is 12.8 Å². The van der Waals surface area contributed by atoms with Crippen LogP contribution in [-0.4, -0.2) is 50.1 Å². The van der Waals surface area contributed by atoms with Crippen LogP contribution in [-0.2, 0) is 11.2 Å². The molecule has 0 aliphatic carbocycles. The summed E-state index contributed by atoms with van der Waals surface area (Å²) in [6.07, 6.45) is 1.47. The van der Waals surface area contributed by atoms with Crippen molar-refractivity contribution in [3.63, 3.8) is 0 Å². The molecule has 0 aromatic heterocycles. The predicted octanol–water partition coefficient (Wildman–Crippen LogP) is 2.77. The van der Waals surface area contributed by atoms with Gasteiger partial charge >= 0.3 is 0 Å². The zero-order valence-corrected chi connectivity index (χ0v) is 15.0. The standard InChI is InChI=1S/C21H25N3O2/c25-21-16-17-15-19(7-8-20(17)22-21)26-14-4-9-23-10-12-24(13-11-23)18-5-2-1-3-6-18/h1-3,5-8,15H,4,9-14,16H2,(H,22,25). The number of fused-ring (bicyclic) bond motifs is 1. The van der Waals surface area contributed by atoms with Crippen molar-refractivity contribution in [3.05, 3.63) is 54.1 Å². The van der Waals surface area contributed by atoms with Gasteiger partial charge in [-0.2, -0.15) is 0 Å². The number of nitrogens with one attached hydrogen (secondary N) is 1. The molecule has 0 saturated carbocycles. The van der Waals surface area contributed by atoms with E-state index in [1.165, 1.54) is 5.69 Å². The molecule has 4 rings (SSSR count). The Kier molecular flexibility index (Phi) is 5.07. The van der Waals surface area contributed by atoms with E-state index in [1.807, 2.05) is 18.2 Å². The highest BCUT2D eigenvalue weighted by Gasteiger charge is 2.18. The summed E-state index contributed by atoms with van der Waals surface area (Å²) in [4.78, 5) is 16.4. The monoisotopic (exact) mass is 351 g/mol. The molecule has 5 heteroatoms. The first kappa shape index (κ1) is 16.9. The average Bonchev–Trinajstić information content (AvgIpc) is 3.06. The number of amides is 1. The number of rotatable bonds is 6. The lowest BCUT2D eigenvalue weighted by molar-refractivity contribution is -0.115. The molecule has 5 nitrogen and oxygen atoms in total. The maximum absolute atomic E-state index is 11.4. The highest BCUT2D eigenvalue weighted by atomic mass is 16.5. The molecule has 2 aromatic carbocycles. The van der Waals surface area contributed by atoms with Crippen LogP contribution in [0.3, 0.4) is 0 Å². The van der Waals surface area contributed by atoms with Crippen molar-refractivity contribution in [2.24, 2.45) is 0 Å². The van der Waals surface area contributed by atoms with E-state index < -0.39 is 0 Å². The number of hydrogen-bond donors (Lipinski definition) is 1. The summed E-state index contributed by atoms with van der Waals surface area (Å²) >= 11 is 0. The van der Waals surface area contributed by atoms with Gasteiger partial charge in [0.1, 0.15) is 5.75 Å². The lowest BCUT2D eigenvalue weighted by Crippen LogP contribution is -2.46. The van der Waals surface area contributed by atoms with Gasteiger partial charge in [-0.3, -0.25) is 9.69 Å². The molecule has 2 aromatic rings. The number of piperazine rings is 1. The summed E-state index contributed by atoms with van der Waals surface area (Å²) in [7, 11) is 0. The normalized spacial score (nSPS) is 17.1. The lowest BCUT2D eigenvalue weighted by Gasteiger charge is -2.36. The number of benzene rings is 2. The Morgan fingerprint density at radius 1 is 1.00 bits per heavy atom. The Morgan fingerprint density at radius 2 is 1.81 bits per heavy atom. The summed E-state index contributed by atoms with van der Waals surface area (Å²) in [6.45, 7) is 6.13. The van der Waals surface area contributed by atoms with Crippen molar-refractivity contribution < 1.29 is 9.53 Å². The number of ether oxygens (including phenoxy) is 1. The molecule has 2 aliphatic rings. The van der Waals surface area contributed by atoms with Gasteiger partial charge in [-0.1, -0.05) is 18.2 Å². The second-order valence-electron chi connectivity index (χ2n) is 6.91. The van der Waals surface area contributed by atoms with Gasteiger partial charge in [-0.25, -0.2) is 0 Å². The Hall–Kier alpha value is -2.53. The van der Waals surface area contributed by atoms with Gasteiger partial charge in [0.25, 0.3) is 0 Å². The topological polar surface area (TPSA) is 44.8 Å². The van der Waals surface area contributed by atoms with Gasteiger partial charge in [0.2, 0.25) is 5.91 Å². The number of hydrogen-bond acceptors (Lipinski definition) is 4. The van der Waals surface area contributed by atoms with Crippen LogP contribution >= 0.6 is 0 Å². The van der Waals surface area contributed by atoms with Crippen LogP contribution in [0, 0.1) is 0 Å². The van der Waals surface area contributed by atoms with Crippen LogP contribution in [0.15, 0.2) is 48.5 Å². The Morgan fingerprint density at radius 3 is 2.62 bits per heavy atom. The van der Waals surface area contributed by atoms with Crippen LogP contribution in [0.1, 0.15) is 12.0 Å². The fourth-order valence-corrected chi connectivity index (χ4v) is 3.64. The maximum atomic E-state index is 11.4. The third-order valence-electron chi connectivity index (χ3n) is 5.08. The maximum Gasteiger partial charge on any atom is 0.228 e.